The predicted octanol–water partition coefficient (Wildman–Crippen LogP) is -0.545. The van der Waals surface area contributed by atoms with E-state index in [4.69, 9.17) is 4.74 Å². The van der Waals surface area contributed by atoms with E-state index in [1.807, 2.05) is 30.3 Å². The Labute approximate surface area is 112 Å². The Morgan fingerprint density at radius 3 is 2.57 bits per heavy atom. The molecule has 0 bridgehead atoms. The number of halogens is 1. The van der Waals surface area contributed by atoms with Crippen molar-refractivity contribution in [3.63, 3.8) is 0 Å². The van der Waals surface area contributed by atoms with Crippen LogP contribution in [-0.4, -0.2) is 29.7 Å². The molecule has 0 saturated heterocycles. The summed E-state index contributed by atoms with van der Waals surface area (Å²) in [7, 11) is 0. The van der Waals surface area contributed by atoms with Gasteiger partial charge in [-0.15, -0.1) is 18.7 Å². The van der Waals surface area contributed by atoms with Gasteiger partial charge in [-0.2, -0.15) is 18.2 Å². The topological polar surface area (TPSA) is 9.23 Å². The number of allylic oxidation sites excluding steroid dienone is 1. The van der Waals surface area contributed by atoms with Gasteiger partial charge in [0.05, 0.1) is 6.61 Å². The normalized spacial score (nSPS) is 8.00. The molecular weight excluding hydrogens is 252 g/mol. The van der Waals surface area contributed by atoms with Crippen LogP contribution in [0.15, 0.2) is 36.9 Å². The second-order valence-corrected chi connectivity index (χ2v) is 2.52. The summed E-state index contributed by atoms with van der Waals surface area (Å²) in [6, 6.07) is 10.5. The Morgan fingerprint density at radius 1 is 1.36 bits per heavy atom. The maximum Gasteiger partial charge on any atom is 2.00 e. The van der Waals surface area contributed by atoms with Gasteiger partial charge in [-0.3, -0.25) is 0 Å². The molecule has 0 aliphatic carbocycles. The molecule has 0 atom stereocenters. The molecule has 0 amide bonds. The summed E-state index contributed by atoms with van der Waals surface area (Å²) >= 11 is 0. The Hall–Kier alpha value is 0.00623. The van der Waals surface area contributed by atoms with E-state index in [9.17, 15) is 0 Å². The van der Waals surface area contributed by atoms with Gasteiger partial charge >= 0.3 is 23.1 Å². The molecule has 3 heteroatoms. The molecule has 0 radical (unpaired) electrons. The first kappa shape index (κ1) is 16.4. The van der Waals surface area contributed by atoms with Crippen LogP contribution >= 0.6 is 0 Å². The monoisotopic (exact) mass is 264 g/mol. The number of hydrogen-bond acceptors (Lipinski definition) is 1. The summed E-state index contributed by atoms with van der Waals surface area (Å²) in [6.45, 7) is 4.40. The van der Waals surface area contributed by atoms with Gasteiger partial charge < -0.3 is 21.7 Å². The molecule has 0 saturated carbocycles. The fraction of sp³-hybridized carbons (Fsp3) is 0.273. The van der Waals surface area contributed by atoms with Crippen LogP contribution in [0, 0.1) is 6.07 Å². The van der Waals surface area contributed by atoms with Gasteiger partial charge in [0.25, 0.3) is 0 Å². The molecule has 14 heavy (non-hydrogen) atoms. The van der Waals surface area contributed by atoms with Gasteiger partial charge in [0, 0.05) is 5.75 Å². The maximum atomic E-state index is 5.44. The predicted molar refractivity (Wildman–Crippen MR) is 56.0 cm³/mol. The summed E-state index contributed by atoms with van der Waals surface area (Å²) in [5, 5.41) is 0. The van der Waals surface area contributed by atoms with Crippen LogP contribution in [0.25, 0.3) is 0 Å². The molecule has 1 aromatic carbocycles. The van der Waals surface area contributed by atoms with E-state index in [1.165, 1.54) is 0 Å². The van der Waals surface area contributed by atoms with Gasteiger partial charge in [-0.05, 0) is 12.8 Å². The van der Waals surface area contributed by atoms with Gasteiger partial charge in [0.15, 0.2) is 0 Å². The SMILES string of the molecule is C=CCCCOc1cc[c-]cc1.[Br-].[Mg+2]. The number of hydrogen-bond donors (Lipinski definition) is 0. The zero-order valence-corrected chi connectivity index (χ0v) is 11.2. The second kappa shape index (κ2) is 11.1. The van der Waals surface area contributed by atoms with Crippen LogP contribution in [0.1, 0.15) is 12.8 Å². The van der Waals surface area contributed by atoms with Crippen LogP contribution < -0.4 is 21.7 Å². The summed E-state index contributed by atoms with van der Waals surface area (Å²) in [6.07, 6.45) is 3.95. The Balaban J connectivity index is 0. The van der Waals surface area contributed by atoms with Gasteiger partial charge in [-0.1, -0.05) is 6.08 Å². The number of rotatable bonds is 5. The third-order valence-electron chi connectivity index (χ3n) is 1.51. The summed E-state index contributed by atoms with van der Waals surface area (Å²) in [5.74, 6) is 0.915. The smallest absolute Gasteiger partial charge is 1.00 e. The summed E-state index contributed by atoms with van der Waals surface area (Å²) < 4.78 is 5.44. The summed E-state index contributed by atoms with van der Waals surface area (Å²) in [4.78, 5) is 0. The Bertz CT molecular complexity index is 226. The molecule has 0 heterocycles. The molecule has 0 N–H and O–H groups in total. The third kappa shape index (κ3) is 7.41. The molecule has 1 nitrogen and oxygen atoms in total. The molecule has 1 aromatic rings. The molecular formula is C11H13BrMgO. The van der Waals surface area contributed by atoms with Crippen molar-refractivity contribution < 1.29 is 21.7 Å². The van der Waals surface area contributed by atoms with E-state index < -0.39 is 0 Å². The average Bonchev–Trinajstić information content (AvgIpc) is 2.14. The molecule has 0 aromatic heterocycles. The number of unbranched alkanes of at least 4 members (excludes halogenated alkanes) is 1. The van der Waals surface area contributed by atoms with Crippen LogP contribution in [0.3, 0.4) is 0 Å². The van der Waals surface area contributed by atoms with E-state index >= 15 is 0 Å². The van der Waals surface area contributed by atoms with E-state index in [2.05, 4.69) is 12.6 Å². The van der Waals surface area contributed by atoms with Crippen LogP contribution in [0.2, 0.25) is 0 Å². The molecule has 72 valence electrons. The van der Waals surface area contributed by atoms with Crippen molar-refractivity contribution in [3.8, 4) is 5.75 Å². The first-order chi connectivity index (χ1) is 5.93. The first-order valence-electron chi connectivity index (χ1n) is 4.13. The van der Waals surface area contributed by atoms with Gasteiger partial charge in [0.2, 0.25) is 0 Å². The van der Waals surface area contributed by atoms with Crippen molar-refractivity contribution in [2.45, 2.75) is 12.8 Å². The molecule has 1 rings (SSSR count). The van der Waals surface area contributed by atoms with Crippen molar-refractivity contribution in [2.75, 3.05) is 6.61 Å². The van der Waals surface area contributed by atoms with Gasteiger partial charge in [0.1, 0.15) is 0 Å². The van der Waals surface area contributed by atoms with Crippen LogP contribution in [0.4, 0.5) is 0 Å². The Kier molecular flexibility index (Phi) is 13.0. The first-order valence-corrected chi connectivity index (χ1v) is 4.13. The zero-order valence-electron chi connectivity index (χ0n) is 8.21. The zero-order chi connectivity index (χ0) is 8.65. The van der Waals surface area contributed by atoms with Crippen molar-refractivity contribution in [1.29, 1.82) is 0 Å². The van der Waals surface area contributed by atoms with E-state index in [0.29, 0.717) is 0 Å². The fourth-order valence-electron chi connectivity index (χ4n) is 0.886. The van der Waals surface area contributed by atoms with Crippen LogP contribution in [-0.2, 0) is 0 Å². The minimum Gasteiger partial charge on any atom is -1.00 e. The number of benzene rings is 1. The molecule has 0 unspecified atom stereocenters. The van der Waals surface area contributed by atoms with Gasteiger partial charge in [-0.25, -0.2) is 0 Å². The molecule has 0 aliphatic heterocycles. The minimum atomic E-state index is 0. The maximum absolute atomic E-state index is 5.44. The molecule has 0 spiro atoms. The standard InChI is InChI=1S/C11H13O.BrH.Mg/c1-2-3-7-10-12-11-8-5-4-6-9-11;;/h2,5-6,8-9H,1,3,7,10H2;1H;/q-1;;+2/p-1. The van der Waals surface area contributed by atoms with Crippen molar-refractivity contribution >= 4 is 23.1 Å². The largest absolute Gasteiger partial charge is 2.00 e. The third-order valence-corrected chi connectivity index (χ3v) is 1.51. The molecule has 0 fully saturated rings. The van der Waals surface area contributed by atoms with E-state index in [1.54, 1.807) is 0 Å². The number of ether oxygens (including phenoxy) is 1. The fourth-order valence-corrected chi connectivity index (χ4v) is 0.886. The quantitative estimate of drug-likeness (QED) is 0.301. The summed E-state index contributed by atoms with van der Waals surface area (Å²) in [5.41, 5.74) is 0. The second-order valence-electron chi connectivity index (χ2n) is 2.52. The average molecular weight is 265 g/mol. The minimum absolute atomic E-state index is 0. The van der Waals surface area contributed by atoms with Crippen molar-refractivity contribution in [2.24, 2.45) is 0 Å². The van der Waals surface area contributed by atoms with E-state index in [0.717, 1.165) is 25.2 Å². The van der Waals surface area contributed by atoms with Crippen LogP contribution in [0.5, 0.6) is 5.75 Å². The molecule has 0 aliphatic rings. The van der Waals surface area contributed by atoms with Crippen molar-refractivity contribution in [3.05, 3.63) is 43.0 Å². The van der Waals surface area contributed by atoms with E-state index in [-0.39, 0.29) is 40.0 Å². The Morgan fingerprint density at radius 2 is 2.00 bits per heavy atom. The van der Waals surface area contributed by atoms with Crippen molar-refractivity contribution in [1.82, 2.24) is 0 Å².